The smallest absolute Gasteiger partial charge is 0.210 e. The minimum absolute atomic E-state index is 0.621. The molecule has 0 aliphatic rings. The first kappa shape index (κ1) is 16.4. The van der Waals surface area contributed by atoms with Gasteiger partial charge in [-0.2, -0.15) is 0 Å². The van der Waals surface area contributed by atoms with Gasteiger partial charge in [-0.15, -0.1) is 10.2 Å². The Hall–Kier alpha value is -2.47. The van der Waals surface area contributed by atoms with Crippen LogP contribution in [-0.2, 0) is 5.75 Å². The van der Waals surface area contributed by atoms with E-state index >= 15 is 0 Å². The van der Waals surface area contributed by atoms with Crippen LogP contribution in [0.2, 0.25) is 0 Å². The summed E-state index contributed by atoms with van der Waals surface area (Å²) in [5.41, 5.74) is 3.37. The average Bonchev–Trinajstić information content (AvgIpc) is 2.96. The lowest BCUT2D eigenvalue weighted by Gasteiger charge is -2.06. The van der Waals surface area contributed by atoms with Crippen molar-refractivity contribution in [2.45, 2.75) is 24.8 Å². The lowest BCUT2D eigenvalue weighted by atomic mass is 10.2. The number of nitrogens with zero attached hydrogens (tertiary/aromatic N) is 3. The highest BCUT2D eigenvalue weighted by Gasteiger charge is 2.13. The molecule has 2 N–H and O–H groups in total. The molecule has 0 aliphatic carbocycles. The topological polar surface area (TPSA) is 66.0 Å². The third-order valence-corrected chi connectivity index (χ3v) is 4.57. The van der Waals surface area contributed by atoms with E-state index in [0.29, 0.717) is 17.6 Å². The van der Waals surface area contributed by atoms with E-state index in [1.165, 1.54) is 15.8 Å². The Bertz CT molecular complexity index is 814. The normalized spacial score (nSPS) is 10.8. The molecule has 0 radical (unpaired) electrons. The van der Waals surface area contributed by atoms with Crippen LogP contribution < -0.4 is 10.6 Å². The number of hydrogen-bond acceptors (Lipinski definition) is 5. The zero-order valence-electron chi connectivity index (χ0n) is 13.8. The molecule has 124 valence electrons. The van der Waals surface area contributed by atoms with Gasteiger partial charge in [0, 0.05) is 11.3 Å². The zero-order chi connectivity index (χ0) is 16.9. The molecule has 0 fully saturated rings. The second kappa shape index (κ2) is 7.40. The molecule has 0 aliphatic heterocycles. The van der Waals surface area contributed by atoms with Crippen molar-refractivity contribution in [3.8, 4) is 17.1 Å². The lowest BCUT2D eigenvalue weighted by molar-refractivity contribution is 0.340. The van der Waals surface area contributed by atoms with E-state index < -0.39 is 0 Å². The standard InChI is InChI=1S/C18H20N4OS/c1-3-23-16-6-4-5-15(11-16)17-20-21-18(22(17)19)24-12-14-9-7-13(2)8-10-14/h4-11H,3,12,19H2,1-2H3. The molecule has 3 rings (SSSR count). The molecule has 0 bridgehead atoms. The van der Waals surface area contributed by atoms with Crippen LogP contribution in [0.15, 0.2) is 53.7 Å². The largest absolute Gasteiger partial charge is 0.494 e. The summed E-state index contributed by atoms with van der Waals surface area (Å²) in [7, 11) is 0. The fraction of sp³-hybridized carbons (Fsp3) is 0.222. The molecule has 0 saturated carbocycles. The predicted octanol–water partition coefficient (Wildman–Crippen LogP) is 3.66. The van der Waals surface area contributed by atoms with E-state index in [2.05, 4.69) is 41.4 Å². The van der Waals surface area contributed by atoms with Gasteiger partial charge < -0.3 is 10.6 Å². The maximum absolute atomic E-state index is 6.18. The van der Waals surface area contributed by atoms with Crippen molar-refractivity contribution in [2.24, 2.45) is 0 Å². The van der Waals surface area contributed by atoms with E-state index in [-0.39, 0.29) is 0 Å². The third-order valence-electron chi connectivity index (χ3n) is 3.56. The number of rotatable bonds is 6. The molecule has 3 aromatic rings. The summed E-state index contributed by atoms with van der Waals surface area (Å²) in [5.74, 6) is 8.40. The van der Waals surface area contributed by atoms with Crippen LogP contribution in [0.25, 0.3) is 11.4 Å². The first-order chi connectivity index (χ1) is 11.7. The van der Waals surface area contributed by atoms with Gasteiger partial charge in [-0.1, -0.05) is 53.7 Å². The quantitative estimate of drug-likeness (QED) is 0.548. The molecule has 24 heavy (non-hydrogen) atoms. The molecular weight excluding hydrogens is 320 g/mol. The van der Waals surface area contributed by atoms with Crippen molar-refractivity contribution in [3.63, 3.8) is 0 Å². The van der Waals surface area contributed by atoms with Crippen LogP contribution in [-0.4, -0.2) is 21.5 Å². The Labute approximate surface area is 145 Å². The van der Waals surface area contributed by atoms with E-state index in [9.17, 15) is 0 Å². The number of nitrogen functional groups attached to an aromatic ring is 1. The van der Waals surface area contributed by atoms with Gasteiger partial charge in [0.05, 0.1) is 6.61 Å². The number of nitrogens with two attached hydrogens (primary N) is 1. The van der Waals surface area contributed by atoms with Crippen LogP contribution in [0.4, 0.5) is 0 Å². The Morgan fingerprint density at radius 1 is 1.12 bits per heavy atom. The van der Waals surface area contributed by atoms with Crippen LogP contribution in [0, 0.1) is 6.92 Å². The van der Waals surface area contributed by atoms with Crippen molar-refractivity contribution < 1.29 is 4.74 Å². The first-order valence-corrected chi connectivity index (χ1v) is 8.78. The van der Waals surface area contributed by atoms with Gasteiger partial charge in [-0.05, 0) is 31.5 Å². The molecular formula is C18H20N4OS. The van der Waals surface area contributed by atoms with Gasteiger partial charge in [0.2, 0.25) is 5.16 Å². The van der Waals surface area contributed by atoms with Crippen LogP contribution >= 0.6 is 11.8 Å². The van der Waals surface area contributed by atoms with Gasteiger partial charge in [0.15, 0.2) is 5.82 Å². The van der Waals surface area contributed by atoms with E-state index in [0.717, 1.165) is 17.1 Å². The van der Waals surface area contributed by atoms with Crippen LogP contribution in [0.3, 0.4) is 0 Å². The fourth-order valence-corrected chi connectivity index (χ4v) is 3.11. The average molecular weight is 340 g/mol. The molecule has 1 aromatic heterocycles. The van der Waals surface area contributed by atoms with Crippen molar-refractivity contribution in [1.82, 2.24) is 14.9 Å². The second-order valence-electron chi connectivity index (χ2n) is 5.41. The van der Waals surface area contributed by atoms with E-state index in [4.69, 9.17) is 10.6 Å². The Morgan fingerprint density at radius 2 is 1.92 bits per heavy atom. The molecule has 6 heteroatoms. The summed E-state index contributed by atoms with van der Waals surface area (Å²) in [6, 6.07) is 16.2. The Balaban J connectivity index is 1.76. The monoisotopic (exact) mass is 340 g/mol. The molecule has 0 unspecified atom stereocenters. The highest BCUT2D eigenvalue weighted by molar-refractivity contribution is 7.98. The van der Waals surface area contributed by atoms with E-state index in [1.54, 1.807) is 11.8 Å². The van der Waals surface area contributed by atoms with Crippen molar-refractivity contribution in [2.75, 3.05) is 12.4 Å². The maximum atomic E-state index is 6.18. The number of benzene rings is 2. The first-order valence-electron chi connectivity index (χ1n) is 7.79. The predicted molar refractivity (Wildman–Crippen MR) is 97.5 cm³/mol. The summed E-state index contributed by atoms with van der Waals surface area (Å²) in [4.78, 5) is 0. The van der Waals surface area contributed by atoms with E-state index in [1.807, 2.05) is 31.2 Å². The number of hydrogen-bond donors (Lipinski definition) is 1. The number of aryl methyl sites for hydroxylation is 1. The molecule has 0 atom stereocenters. The summed E-state index contributed by atoms with van der Waals surface area (Å²) in [6.07, 6.45) is 0. The summed E-state index contributed by atoms with van der Waals surface area (Å²) >= 11 is 1.57. The SMILES string of the molecule is CCOc1cccc(-c2nnc(SCc3ccc(C)cc3)n2N)c1. The second-order valence-corrected chi connectivity index (χ2v) is 6.35. The number of thioether (sulfide) groups is 1. The van der Waals surface area contributed by atoms with Gasteiger partial charge >= 0.3 is 0 Å². The van der Waals surface area contributed by atoms with Crippen LogP contribution in [0.5, 0.6) is 5.75 Å². The molecule has 0 saturated heterocycles. The maximum Gasteiger partial charge on any atom is 0.210 e. The van der Waals surface area contributed by atoms with Gasteiger partial charge in [0.1, 0.15) is 5.75 Å². The van der Waals surface area contributed by atoms with Crippen molar-refractivity contribution >= 4 is 11.8 Å². The minimum atomic E-state index is 0.621. The third kappa shape index (κ3) is 3.71. The van der Waals surface area contributed by atoms with Crippen LogP contribution in [0.1, 0.15) is 18.1 Å². The van der Waals surface area contributed by atoms with Gasteiger partial charge in [-0.25, -0.2) is 4.68 Å². The summed E-state index contributed by atoms with van der Waals surface area (Å²) < 4.78 is 7.06. The summed E-state index contributed by atoms with van der Waals surface area (Å²) in [5, 5.41) is 9.12. The fourth-order valence-electron chi connectivity index (χ4n) is 2.30. The molecule has 0 spiro atoms. The van der Waals surface area contributed by atoms with Crippen molar-refractivity contribution in [1.29, 1.82) is 0 Å². The highest BCUT2D eigenvalue weighted by Crippen LogP contribution is 2.26. The molecule has 0 amide bonds. The molecule has 1 heterocycles. The molecule has 2 aromatic carbocycles. The summed E-state index contributed by atoms with van der Waals surface area (Å²) in [6.45, 7) is 4.66. The molecule has 5 nitrogen and oxygen atoms in total. The van der Waals surface area contributed by atoms with Crippen molar-refractivity contribution in [3.05, 3.63) is 59.7 Å². The minimum Gasteiger partial charge on any atom is -0.494 e. The number of ether oxygens (including phenoxy) is 1. The zero-order valence-corrected chi connectivity index (χ0v) is 14.6. The lowest BCUT2D eigenvalue weighted by Crippen LogP contribution is -2.11. The van der Waals surface area contributed by atoms with Gasteiger partial charge in [0.25, 0.3) is 0 Å². The number of aromatic nitrogens is 3. The van der Waals surface area contributed by atoms with Gasteiger partial charge in [-0.3, -0.25) is 0 Å². The highest BCUT2D eigenvalue weighted by atomic mass is 32.2. The Kier molecular flexibility index (Phi) is 5.05. The Morgan fingerprint density at radius 3 is 2.67 bits per heavy atom.